The number of nitrogens with zero attached hydrogens (tertiary/aromatic N) is 1. The van der Waals surface area contributed by atoms with Gasteiger partial charge in [-0.2, -0.15) is 0 Å². The van der Waals surface area contributed by atoms with E-state index in [1.807, 2.05) is 6.92 Å². The van der Waals surface area contributed by atoms with Crippen LogP contribution in [0, 0.1) is 6.92 Å². The van der Waals surface area contributed by atoms with Crippen LogP contribution >= 0.6 is 0 Å². The van der Waals surface area contributed by atoms with Gasteiger partial charge in [0, 0.05) is 32.7 Å². The van der Waals surface area contributed by atoms with Crippen molar-refractivity contribution in [3.63, 3.8) is 0 Å². The Kier molecular flexibility index (Phi) is 4.93. The molecule has 1 aliphatic heterocycles. The first kappa shape index (κ1) is 14.0. The van der Waals surface area contributed by atoms with Crippen LogP contribution in [0.1, 0.15) is 18.1 Å². The SMILES string of the molecule is CCNC(=O)C1CNCCN1Cc1cccc(C)c1. The van der Waals surface area contributed by atoms with E-state index in [2.05, 4.69) is 46.7 Å². The van der Waals surface area contributed by atoms with Gasteiger partial charge in [-0.05, 0) is 19.4 Å². The Bertz CT molecular complexity index is 433. The Labute approximate surface area is 115 Å². The molecule has 0 aliphatic carbocycles. The van der Waals surface area contributed by atoms with E-state index in [0.29, 0.717) is 6.54 Å². The number of amides is 1. The predicted octanol–water partition coefficient (Wildman–Crippen LogP) is 0.905. The van der Waals surface area contributed by atoms with E-state index in [1.165, 1.54) is 11.1 Å². The quantitative estimate of drug-likeness (QED) is 0.846. The van der Waals surface area contributed by atoms with Gasteiger partial charge in [-0.15, -0.1) is 0 Å². The van der Waals surface area contributed by atoms with E-state index in [1.54, 1.807) is 0 Å². The van der Waals surface area contributed by atoms with Crippen molar-refractivity contribution in [2.24, 2.45) is 0 Å². The van der Waals surface area contributed by atoms with Crippen LogP contribution < -0.4 is 10.6 Å². The lowest BCUT2D eigenvalue weighted by molar-refractivity contribution is -0.127. The highest BCUT2D eigenvalue weighted by Crippen LogP contribution is 2.12. The second-order valence-electron chi connectivity index (χ2n) is 5.07. The highest BCUT2D eigenvalue weighted by atomic mass is 16.2. The molecule has 1 saturated heterocycles. The van der Waals surface area contributed by atoms with Crippen molar-refractivity contribution in [3.05, 3.63) is 35.4 Å². The maximum Gasteiger partial charge on any atom is 0.238 e. The summed E-state index contributed by atoms with van der Waals surface area (Å²) in [5.41, 5.74) is 2.54. The molecule has 1 aromatic rings. The fraction of sp³-hybridized carbons (Fsp3) is 0.533. The first-order chi connectivity index (χ1) is 9.20. The summed E-state index contributed by atoms with van der Waals surface area (Å²) in [5.74, 6) is 0.127. The Morgan fingerprint density at radius 3 is 3.11 bits per heavy atom. The molecule has 1 aromatic carbocycles. The molecule has 19 heavy (non-hydrogen) atoms. The molecule has 2 rings (SSSR count). The number of rotatable bonds is 4. The average molecular weight is 261 g/mol. The van der Waals surface area contributed by atoms with E-state index in [0.717, 1.165) is 26.2 Å². The van der Waals surface area contributed by atoms with Gasteiger partial charge in [-0.25, -0.2) is 0 Å². The summed E-state index contributed by atoms with van der Waals surface area (Å²) in [6.45, 7) is 8.18. The van der Waals surface area contributed by atoms with E-state index in [9.17, 15) is 4.79 Å². The lowest BCUT2D eigenvalue weighted by atomic mass is 10.1. The number of piperazine rings is 1. The fourth-order valence-electron chi connectivity index (χ4n) is 2.53. The number of likely N-dealkylation sites (N-methyl/N-ethyl adjacent to an activating group) is 1. The van der Waals surface area contributed by atoms with Crippen molar-refractivity contribution < 1.29 is 4.79 Å². The minimum atomic E-state index is -0.0609. The molecule has 1 atom stereocenters. The zero-order valence-corrected chi connectivity index (χ0v) is 11.8. The number of carbonyl (C=O) groups excluding carboxylic acids is 1. The number of hydrogen-bond donors (Lipinski definition) is 2. The second-order valence-corrected chi connectivity index (χ2v) is 5.07. The minimum Gasteiger partial charge on any atom is -0.355 e. The smallest absolute Gasteiger partial charge is 0.238 e. The fourth-order valence-corrected chi connectivity index (χ4v) is 2.53. The van der Waals surface area contributed by atoms with Gasteiger partial charge in [0.2, 0.25) is 5.91 Å². The molecule has 1 amide bonds. The molecule has 1 unspecified atom stereocenters. The second kappa shape index (κ2) is 6.68. The van der Waals surface area contributed by atoms with Gasteiger partial charge >= 0.3 is 0 Å². The van der Waals surface area contributed by atoms with Crippen molar-refractivity contribution in [2.75, 3.05) is 26.2 Å². The Balaban J connectivity index is 2.05. The van der Waals surface area contributed by atoms with Crippen LogP contribution in [0.5, 0.6) is 0 Å². The number of aryl methyl sites for hydroxylation is 1. The van der Waals surface area contributed by atoms with E-state index in [4.69, 9.17) is 0 Å². The summed E-state index contributed by atoms with van der Waals surface area (Å²) in [4.78, 5) is 14.3. The van der Waals surface area contributed by atoms with Crippen LogP contribution in [-0.4, -0.2) is 43.0 Å². The molecule has 104 valence electrons. The van der Waals surface area contributed by atoms with E-state index >= 15 is 0 Å². The van der Waals surface area contributed by atoms with Gasteiger partial charge in [0.25, 0.3) is 0 Å². The zero-order chi connectivity index (χ0) is 13.7. The monoisotopic (exact) mass is 261 g/mol. The number of benzene rings is 1. The third-order valence-electron chi connectivity index (χ3n) is 3.48. The van der Waals surface area contributed by atoms with Gasteiger partial charge in [0.15, 0.2) is 0 Å². The lowest BCUT2D eigenvalue weighted by Gasteiger charge is -2.35. The third kappa shape index (κ3) is 3.78. The average Bonchev–Trinajstić information content (AvgIpc) is 2.39. The third-order valence-corrected chi connectivity index (χ3v) is 3.48. The zero-order valence-electron chi connectivity index (χ0n) is 11.8. The molecule has 1 fully saturated rings. The highest BCUT2D eigenvalue weighted by molar-refractivity contribution is 5.82. The van der Waals surface area contributed by atoms with Crippen molar-refractivity contribution >= 4 is 5.91 Å². The van der Waals surface area contributed by atoms with Crippen LogP contribution in [0.15, 0.2) is 24.3 Å². The Morgan fingerprint density at radius 2 is 2.37 bits per heavy atom. The van der Waals surface area contributed by atoms with Crippen LogP contribution in [0.4, 0.5) is 0 Å². The van der Waals surface area contributed by atoms with Crippen LogP contribution in [0.2, 0.25) is 0 Å². The van der Waals surface area contributed by atoms with Crippen molar-refractivity contribution in [1.29, 1.82) is 0 Å². The Morgan fingerprint density at radius 1 is 1.53 bits per heavy atom. The summed E-state index contributed by atoms with van der Waals surface area (Å²) in [6, 6.07) is 8.44. The molecule has 1 heterocycles. The van der Waals surface area contributed by atoms with Crippen molar-refractivity contribution in [2.45, 2.75) is 26.4 Å². The summed E-state index contributed by atoms with van der Waals surface area (Å²) in [5, 5.41) is 6.22. The lowest BCUT2D eigenvalue weighted by Crippen LogP contribution is -2.57. The maximum absolute atomic E-state index is 12.1. The number of hydrogen-bond acceptors (Lipinski definition) is 3. The van der Waals surface area contributed by atoms with Crippen molar-refractivity contribution in [3.8, 4) is 0 Å². The topological polar surface area (TPSA) is 44.4 Å². The molecular formula is C15H23N3O. The van der Waals surface area contributed by atoms with E-state index < -0.39 is 0 Å². The first-order valence-corrected chi connectivity index (χ1v) is 6.98. The van der Waals surface area contributed by atoms with Gasteiger partial charge in [0.1, 0.15) is 6.04 Å². The molecule has 1 aliphatic rings. The number of carbonyl (C=O) groups is 1. The first-order valence-electron chi connectivity index (χ1n) is 6.98. The Hall–Kier alpha value is -1.39. The molecule has 0 spiro atoms. The molecule has 0 radical (unpaired) electrons. The standard InChI is InChI=1S/C15H23N3O/c1-3-17-15(19)14-10-16-7-8-18(14)11-13-6-4-5-12(2)9-13/h4-6,9,14,16H,3,7-8,10-11H2,1-2H3,(H,17,19). The van der Waals surface area contributed by atoms with Gasteiger partial charge in [-0.3, -0.25) is 9.69 Å². The van der Waals surface area contributed by atoms with Crippen LogP contribution in [-0.2, 0) is 11.3 Å². The summed E-state index contributed by atoms with van der Waals surface area (Å²) < 4.78 is 0. The normalized spacial score (nSPS) is 20.2. The molecule has 0 saturated carbocycles. The molecule has 4 nitrogen and oxygen atoms in total. The van der Waals surface area contributed by atoms with Crippen LogP contribution in [0.25, 0.3) is 0 Å². The minimum absolute atomic E-state index is 0.0609. The predicted molar refractivity (Wildman–Crippen MR) is 76.9 cm³/mol. The van der Waals surface area contributed by atoms with Crippen LogP contribution in [0.3, 0.4) is 0 Å². The summed E-state index contributed by atoms with van der Waals surface area (Å²) in [6.07, 6.45) is 0. The molecule has 0 bridgehead atoms. The molecular weight excluding hydrogens is 238 g/mol. The van der Waals surface area contributed by atoms with Gasteiger partial charge in [-0.1, -0.05) is 29.8 Å². The van der Waals surface area contributed by atoms with Crippen molar-refractivity contribution in [1.82, 2.24) is 15.5 Å². The van der Waals surface area contributed by atoms with E-state index in [-0.39, 0.29) is 11.9 Å². The number of nitrogens with one attached hydrogen (secondary N) is 2. The molecule has 0 aromatic heterocycles. The highest BCUT2D eigenvalue weighted by Gasteiger charge is 2.27. The summed E-state index contributed by atoms with van der Waals surface area (Å²) in [7, 11) is 0. The molecule has 2 N–H and O–H groups in total. The molecule has 4 heteroatoms. The maximum atomic E-state index is 12.1. The van der Waals surface area contributed by atoms with Gasteiger partial charge in [0.05, 0.1) is 0 Å². The van der Waals surface area contributed by atoms with Gasteiger partial charge < -0.3 is 10.6 Å². The summed E-state index contributed by atoms with van der Waals surface area (Å²) >= 11 is 0. The largest absolute Gasteiger partial charge is 0.355 e.